The average molecular weight is 249 g/mol. The van der Waals surface area contributed by atoms with Crippen LogP contribution in [0.4, 0.5) is 14.6 Å². The Morgan fingerprint density at radius 1 is 1.06 bits per heavy atom. The Bertz CT molecular complexity index is 582. The van der Waals surface area contributed by atoms with E-state index in [9.17, 15) is 8.78 Å². The first kappa shape index (κ1) is 12.4. The molecule has 1 aromatic heterocycles. The average Bonchev–Trinajstić information content (AvgIpc) is 2.31. The number of nitrogens with zero attached hydrogens (tertiary/aromatic N) is 2. The maximum absolute atomic E-state index is 13.2. The molecule has 1 heterocycles. The summed E-state index contributed by atoms with van der Waals surface area (Å²) in [6.45, 7) is 3.87. The number of aromatic nitrogens is 2. The van der Waals surface area contributed by atoms with Crippen molar-refractivity contribution in [3.8, 4) is 11.3 Å². The second-order valence-corrected chi connectivity index (χ2v) is 4.32. The first-order valence-electron chi connectivity index (χ1n) is 5.57. The topological polar surface area (TPSA) is 51.8 Å². The van der Waals surface area contributed by atoms with E-state index in [1.807, 2.05) is 13.8 Å². The first-order valence-corrected chi connectivity index (χ1v) is 5.57. The Kier molecular flexibility index (Phi) is 3.23. The summed E-state index contributed by atoms with van der Waals surface area (Å²) in [6, 6.07) is 5.17. The fourth-order valence-electron chi connectivity index (χ4n) is 1.55. The van der Waals surface area contributed by atoms with Gasteiger partial charge in [-0.2, -0.15) is 0 Å². The molecule has 0 saturated heterocycles. The van der Waals surface area contributed by atoms with E-state index < -0.39 is 11.6 Å². The summed E-state index contributed by atoms with van der Waals surface area (Å²) in [6.07, 6.45) is 0. The minimum Gasteiger partial charge on any atom is -0.384 e. The van der Waals surface area contributed by atoms with Crippen LogP contribution >= 0.6 is 0 Å². The number of nitrogen functional groups attached to an aromatic ring is 1. The molecule has 0 radical (unpaired) electrons. The summed E-state index contributed by atoms with van der Waals surface area (Å²) in [5, 5.41) is 0. The summed E-state index contributed by atoms with van der Waals surface area (Å²) in [7, 11) is 0. The Labute approximate surface area is 104 Å². The van der Waals surface area contributed by atoms with E-state index in [0.717, 1.165) is 12.1 Å². The van der Waals surface area contributed by atoms with Crippen LogP contribution in [0.1, 0.15) is 25.6 Å². The van der Waals surface area contributed by atoms with E-state index in [2.05, 4.69) is 9.97 Å². The van der Waals surface area contributed by atoms with Gasteiger partial charge in [0, 0.05) is 17.5 Å². The van der Waals surface area contributed by atoms with Gasteiger partial charge in [0.15, 0.2) is 11.6 Å². The molecule has 2 aromatic rings. The molecule has 3 nitrogen and oxygen atoms in total. The van der Waals surface area contributed by atoms with E-state index in [0.29, 0.717) is 22.9 Å². The molecule has 5 heteroatoms. The van der Waals surface area contributed by atoms with Crippen molar-refractivity contribution in [2.45, 2.75) is 19.8 Å². The molecule has 0 aliphatic heterocycles. The number of anilines is 1. The van der Waals surface area contributed by atoms with Gasteiger partial charge in [-0.05, 0) is 18.2 Å². The lowest BCUT2D eigenvalue weighted by molar-refractivity contribution is 0.509. The van der Waals surface area contributed by atoms with Crippen molar-refractivity contribution >= 4 is 5.82 Å². The zero-order chi connectivity index (χ0) is 13.3. The molecular formula is C13H13F2N3. The molecule has 94 valence electrons. The summed E-state index contributed by atoms with van der Waals surface area (Å²) in [5.74, 6) is -0.790. The van der Waals surface area contributed by atoms with Gasteiger partial charge in [-0.25, -0.2) is 18.7 Å². The third-order valence-corrected chi connectivity index (χ3v) is 2.50. The summed E-state index contributed by atoms with van der Waals surface area (Å²) in [4.78, 5) is 8.39. The van der Waals surface area contributed by atoms with Crippen LogP contribution in [0.15, 0.2) is 24.3 Å². The van der Waals surface area contributed by atoms with Gasteiger partial charge in [0.05, 0.1) is 5.69 Å². The van der Waals surface area contributed by atoms with Crippen LogP contribution in [0.5, 0.6) is 0 Å². The van der Waals surface area contributed by atoms with E-state index in [-0.39, 0.29) is 5.92 Å². The van der Waals surface area contributed by atoms with Gasteiger partial charge in [-0.1, -0.05) is 13.8 Å². The Hall–Kier alpha value is -2.04. The molecule has 1 aromatic carbocycles. The zero-order valence-electron chi connectivity index (χ0n) is 10.1. The monoisotopic (exact) mass is 249 g/mol. The van der Waals surface area contributed by atoms with Crippen molar-refractivity contribution < 1.29 is 8.78 Å². The third kappa shape index (κ3) is 2.45. The number of rotatable bonds is 2. The van der Waals surface area contributed by atoms with Gasteiger partial charge in [-0.15, -0.1) is 0 Å². The first-order chi connectivity index (χ1) is 8.47. The van der Waals surface area contributed by atoms with Gasteiger partial charge >= 0.3 is 0 Å². The molecule has 0 amide bonds. The molecule has 0 aliphatic rings. The molecule has 0 spiro atoms. The number of nitrogens with two attached hydrogens (primary N) is 1. The summed E-state index contributed by atoms with van der Waals surface area (Å²) in [5.41, 5.74) is 6.65. The highest BCUT2D eigenvalue weighted by molar-refractivity contribution is 5.62. The molecule has 2 N–H and O–H groups in total. The molecule has 2 rings (SSSR count). The van der Waals surface area contributed by atoms with Gasteiger partial charge in [0.1, 0.15) is 11.6 Å². The van der Waals surface area contributed by atoms with Crippen molar-refractivity contribution in [3.63, 3.8) is 0 Å². The maximum atomic E-state index is 13.2. The lowest BCUT2D eigenvalue weighted by Crippen LogP contribution is -2.03. The lowest BCUT2D eigenvalue weighted by atomic mass is 10.1. The third-order valence-electron chi connectivity index (χ3n) is 2.50. The van der Waals surface area contributed by atoms with Crippen molar-refractivity contribution in [3.05, 3.63) is 41.7 Å². The second-order valence-electron chi connectivity index (χ2n) is 4.32. The maximum Gasteiger partial charge on any atom is 0.159 e. The fraction of sp³-hybridized carbons (Fsp3) is 0.231. The fourth-order valence-corrected chi connectivity index (χ4v) is 1.55. The predicted octanol–water partition coefficient (Wildman–Crippen LogP) is 3.13. The van der Waals surface area contributed by atoms with Gasteiger partial charge in [0.2, 0.25) is 0 Å². The van der Waals surface area contributed by atoms with Crippen LogP contribution in [-0.4, -0.2) is 9.97 Å². The van der Waals surface area contributed by atoms with E-state index in [1.54, 1.807) is 6.07 Å². The van der Waals surface area contributed by atoms with Gasteiger partial charge in [-0.3, -0.25) is 0 Å². The van der Waals surface area contributed by atoms with Crippen molar-refractivity contribution in [1.29, 1.82) is 0 Å². The van der Waals surface area contributed by atoms with Crippen LogP contribution in [0, 0.1) is 11.6 Å². The molecule has 0 unspecified atom stereocenters. The Morgan fingerprint density at radius 3 is 2.39 bits per heavy atom. The zero-order valence-corrected chi connectivity index (χ0v) is 10.1. The smallest absolute Gasteiger partial charge is 0.159 e. The minimum atomic E-state index is -0.907. The quantitative estimate of drug-likeness (QED) is 0.889. The van der Waals surface area contributed by atoms with Crippen LogP contribution in [0.2, 0.25) is 0 Å². The molecule has 18 heavy (non-hydrogen) atoms. The SMILES string of the molecule is CC(C)c1nc(N)cc(-c2ccc(F)c(F)c2)n1. The normalized spacial score (nSPS) is 10.9. The molecule has 0 aliphatic carbocycles. The minimum absolute atomic E-state index is 0.109. The molecule has 0 fully saturated rings. The highest BCUT2D eigenvalue weighted by atomic mass is 19.2. The summed E-state index contributed by atoms with van der Waals surface area (Å²) < 4.78 is 26.0. The van der Waals surface area contributed by atoms with Crippen LogP contribution < -0.4 is 5.73 Å². The largest absolute Gasteiger partial charge is 0.384 e. The lowest BCUT2D eigenvalue weighted by Gasteiger charge is -2.08. The van der Waals surface area contributed by atoms with Crippen molar-refractivity contribution in [2.75, 3.05) is 5.73 Å². The molecule has 0 saturated carbocycles. The molecule has 0 bridgehead atoms. The van der Waals surface area contributed by atoms with Gasteiger partial charge < -0.3 is 5.73 Å². The van der Waals surface area contributed by atoms with Crippen LogP contribution in [-0.2, 0) is 0 Å². The highest BCUT2D eigenvalue weighted by Crippen LogP contribution is 2.23. The number of hydrogen-bond acceptors (Lipinski definition) is 3. The number of benzene rings is 1. The highest BCUT2D eigenvalue weighted by Gasteiger charge is 2.10. The predicted molar refractivity (Wildman–Crippen MR) is 65.9 cm³/mol. The van der Waals surface area contributed by atoms with E-state index in [1.165, 1.54) is 6.07 Å². The van der Waals surface area contributed by atoms with E-state index in [4.69, 9.17) is 5.73 Å². The van der Waals surface area contributed by atoms with Crippen LogP contribution in [0.25, 0.3) is 11.3 Å². The standard InChI is InChI=1S/C13H13F2N3/c1-7(2)13-17-11(6-12(16)18-13)8-3-4-9(14)10(15)5-8/h3-7H,1-2H3,(H2,16,17,18). The number of hydrogen-bond donors (Lipinski definition) is 1. The molecular weight excluding hydrogens is 236 g/mol. The second kappa shape index (κ2) is 4.68. The van der Waals surface area contributed by atoms with Crippen molar-refractivity contribution in [2.24, 2.45) is 0 Å². The Balaban J connectivity index is 2.53. The van der Waals surface area contributed by atoms with Crippen molar-refractivity contribution in [1.82, 2.24) is 9.97 Å². The Morgan fingerprint density at radius 2 is 1.78 bits per heavy atom. The number of halogens is 2. The molecule has 0 atom stereocenters. The summed E-state index contributed by atoms with van der Waals surface area (Å²) >= 11 is 0. The van der Waals surface area contributed by atoms with Crippen LogP contribution in [0.3, 0.4) is 0 Å². The van der Waals surface area contributed by atoms with E-state index >= 15 is 0 Å². The van der Waals surface area contributed by atoms with Gasteiger partial charge in [0.25, 0.3) is 0 Å².